The molecule has 0 aromatic heterocycles. The fraction of sp³-hybridized carbons (Fsp3) is 0.667. The van der Waals surface area contributed by atoms with Crippen molar-refractivity contribution in [2.75, 3.05) is 6.61 Å². The first-order valence-electron chi connectivity index (χ1n) is 3.87. The monoisotopic (exact) mass is 154 g/mol. The van der Waals surface area contributed by atoms with Crippen molar-refractivity contribution in [1.29, 1.82) is 0 Å². The summed E-state index contributed by atoms with van der Waals surface area (Å²) in [4.78, 5) is 11.1. The van der Waals surface area contributed by atoms with E-state index in [1.165, 1.54) is 0 Å². The van der Waals surface area contributed by atoms with E-state index in [-0.39, 0.29) is 17.8 Å². The molecule has 0 aliphatic heterocycles. The van der Waals surface area contributed by atoms with Crippen LogP contribution in [0.4, 0.5) is 0 Å². The maximum Gasteiger partial charge on any atom is 0.156 e. The average molecular weight is 154 g/mol. The predicted molar refractivity (Wildman–Crippen MR) is 43.2 cm³/mol. The van der Waals surface area contributed by atoms with Crippen LogP contribution in [0.5, 0.6) is 0 Å². The summed E-state index contributed by atoms with van der Waals surface area (Å²) in [5.74, 6) is 0.144. The molecule has 0 atom stereocenters. The zero-order chi connectivity index (χ0) is 8.48. The highest BCUT2D eigenvalue weighted by Crippen LogP contribution is 2.32. The summed E-state index contributed by atoms with van der Waals surface area (Å²) >= 11 is 0. The van der Waals surface area contributed by atoms with E-state index in [1.807, 2.05) is 13.8 Å². The minimum atomic E-state index is 0.0230. The van der Waals surface area contributed by atoms with E-state index in [2.05, 4.69) is 0 Å². The van der Waals surface area contributed by atoms with Crippen LogP contribution in [-0.4, -0.2) is 17.5 Å². The lowest BCUT2D eigenvalue weighted by molar-refractivity contribution is -0.117. The summed E-state index contributed by atoms with van der Waals surface area (Å²) < 4.78 is 0. The lowest BCUT2D eigenvalue weighted by Gasteiger charge is -2.27. The summed E-state index contributed by atoms with van der Waals surface area (Å²) in [7, 11) is 0. The Kier molecular flexibility index (Phi) is 2.14. The molecule has 1 aliphatic rings. The third-order valence-corrected chi connectivity index (χ3v) is 1.93. The highest BCUT2D eigenvalue weighted by molar-refractivity contribution is 5.91. The van der Waals surface area contributed by atoms with Crippen LogP contribution in [0.25, 0.3) is 0 Å². The van der Waals surface area contributed by atoms with Gasteiger partial charge in [-0.15, -0.1) is 0 Å². The van der Waals surface area contributed by atoms with E-state index < -0.39 is 0 Å². The van der Waals surface area contributed by atoms with E-state index in [0.29, 0.717) is 6.42 Å². The normalized spacial score (nSPS) is 23.2. The van der Waals surface area contributed by atoms with Gasteiger partial charge in [-0.25, -0.2) is 0 Å². The Morgan fingerprint density at radius 3 is 2.64 bits per heavy atom. The molecule has 11 heavy (non-hydrogen) atoms. The van der Waals surface area contributed by atoms with Crippen molar-refractivity contribution in [2.45, 2.75) is 26.7 Å². The van der Waals surface area contributed by atoms with Crippen LogP contribution in [-0.2, 0) is 4.79 Å². The highest BCUT2D eigenvalue weighted by Gasteiger charge is 2.26. The molecule has 0 fully saturated rings. The number of carbonyl (C=O) groups is 1. The molecular weight excluding hydrogens is 140 g/mol. The molecule has 0 radical (unpaired) electrons. The Morgan fingerprint density at radius 1 is 1.55 bits per heavy atom. The largest absolute Gasteiger partial charge is 0.392 e. The number of allylic oxidation sites excluding steroid dienone is 1. The van der Waals surface area contributed by atoms with Crippen molar-refractivity contribution in [3.8, 4) is 0 Å². The van der Waals surface area contributed by atoms with E-state index in [1.54, 1.807) is 6.08 Å². The minimum Gasteiger partial charge on any atom is -0.392 e. The van der Waals surface area contributed by atoms with Crippen LogP contribution in [0.15, 0.2) is 11.6 Å². The van der Waals surface area contributed by atoms with Crippen LogP contribution in [0.3, 0.4) is 0 Å². The molecule has 1 rings (SSSR count). The molecule has 0 amide bonds. The maximum absolute atomic E-state index is 11.1. The van der Waals surface area contributed by atoms with Gasteiger partial charge in [0.15, 0.2) is 5.78 Å². The highest BCUT2D eigenvalue weighted by atomic mass is 16.3. The van der Waals surface area contributed by atoms with Crippen LogP contribution in [0.1, 0.15) is 26.7 Å². The quantitative estimate of drug-likeness (QED) is 0.618. The number of aliphatic hydroxyl groups is 1. The average Bonchev–Trinajstić information content (AvgIpc) is 1.83. The lowest BCUT2D eigenvalue weighted by atomic mass is 9.77. The van der Waals surface area contributed by atoms with Crippen molar-refractivity contribution in [2.24, 2.45) is 5.41 Å². The van der Waals surface area contributed by atoms with Crippen LogP contribution in [0, 0.1) is 5.41 Å². The molecular formula is C9H14O2. The van der Waals surface area contributed by atoms with Crippen molar-refractivity contribution >= 4 is 5.78 Å². The smallest absolute Gasteiger partial charge is 0.156 e. The fourth-order valence-corrected chi connectivity index (χ4v) is 1.58. The Labute approximate surface area is 66.9 Å². The molecule has 0 aromatic carbocycles. The van der Waals surface area contributed by atoms with E-state index in [0.717, 1.165) is 12.0 Å². The van der Waals surface area contributed by atoms with Gasteiger partial charge in [0.05, 0.1) is 6.61 Å². The number of hydrogen-bond donors (Lipinski definition) is 1. The Morgan fingerprint density at radius 2 is 2.18 bits per heavy atom. The molecule has 0 spiro atoms. The number of rotatable bonds is 1. The van der Waals surface area contributed by atoms with E-state index in [4.69, 9.17) is 5.11 Å². The topological polar surface area (TPSA) is 37.3 Å². The third kappa shape index (κ3) is 2.15. The minimum absolute atomic E-state index is 0.0230. The van der Waals surface area contributed by atoms with Gasteiger partial charge in [0.2, 0.25) is 0 Å². The molecule has 0 heterocycles. The van der Waals surface area contributed by atoms with Gasteiger partial charge >= 0.3 is 0 Å². The van der Waals surface area contributed by atoms with E-state index in [9.17, 15) is 4.79 Å². The summed E-state index contributed by atoms with van der Waals surface area (Å²) in [6, 6.07) is 0. The van der Waals surface area contributed by atoms with Crippen molar-refractivity contribution in [3.63, 3.8) is 0 Å². The van der Waals surface area contributed by atoms with Gasteiger partial charge in [-0.1, -0.05) is 13.8 Å². The second-order valence-corrected chi connectivity index (χ2v) is 3.94. The molecule has 0 bridgehead atoms. The Balaban J connectivity index is 2.78. The first-order chi connectivity index (χ1) is 5.03. The van der Waals surface area contributed by atoms with Gasteiger partial charge in [0, 0.05) is 6.42 Å². The second-order valence-electron chi connectivity index (χ2n) is 3.94. The lowest BCUT2D eigenvalue weighted by Crippen LogP contribution is -2.22. The molecule has 0 saturated heterocycles. The van der Waals surface area contributed by atoms with Crippen molar-refractivity contribution in [3.05, 3.63) is 11.6 Å². The molecule has 1 aliphatic carbocycles. The summed E-state index contributed by atoms with van der Waals surface area (Å²) in [5.41, 5.74) is 0.912. The molecule has 2 nitrogen and oxygen atoms in total. The zero-order valence-electron chi connectivity index (χ0n) is 7.05. The number of hydrogen-bond acceptors (Lipinski definition) is 2. The van der Waals surface area contributed by atoms with Crippen molar-refractivity contribution in [1.82, 2.24) is 0 Å². The SMILES string of the molecule is CC1(C)CC(=O)C=C(CO)C1. The van der Waals surface area contributed by atoms with Crippen LogP contribution in [0.2, 0.25) is 0 Å². The van der Waals surface area contributed by atoms with Gasteiger partial charge < -0.3 is 5.11 Å². The Bertz CT molecular complexity index is 202. The Hall–Kier alpha value is -0.630. The van der Waals surface area contributed by atoms with Gasteiger partial charge in [0.1, 0.15) is 0 Å². The van der Waals surface area contributed by atoms with Crippen LogP contribution >= 0.6 is 0 Å². The van der Waals surface area contributed by atoms with Crippen molar-refractivity contribution < 1.29 is 9.90 Å². The molecule has 0 saturated carbocycles. The zero-order valence-corrected chi connectivity index (χ0v) is 7.05. The maximum atomic E-state index is 11.1. The third-order valence-electron chi connectivity index (χ3n) is 1.93. The first-order valence-corrected chi connectivity index (χ1v) is 3.87. The van der Waals surface area contributed by atoms with Gasteiger partial charge in [-0.3, -0.25) is 4.79 Å². The predicted octanol–water partition coefficient (Wildman–Crippen LogP) is 1.29. The summed E-state index contributed by atoms with van der Waals surface area (Å²) in [6.45, 7) is 4.12. The molecule has 2 heteroatoms. The van der Waals surface area contributed by atoms with E-state index >= 15 is 0 Å². The molecule has 62 valence electrons. The second kappa shape index (κ2) is 2.78. The summed E-state index contributed by atoms with van der Waals surface area (Å²) in [5, 5.41) is 8.82. The van der Waals surface area contributed by atoms with Gasteiger partial charge in [-0.2, -0.15) is 0 Å². The fourth-order valence-electron chi connectivity index (χ4n) is 1.58. The molecule has 0 unspecified atom stereocenters. The van der Waals surface area contributed by atoms with Crippen LogP contribution < -0.4 is 0 Å². The first kappa shape index (κ1) is 8.47. The van der Waals surface area contributed by atoms with Gasteiger partial charge in [-0.05, 0) is 23.5 Å². The molecule has 0 aromatic rings. The van der Waals surface area contributed by atoms with Gasteiger partial charge in [0.25, 0.3) is 0 Å². The molecule has 1 N–H and O–H groups in total. The number of ketones is 1. The summed E-state index contributed by atoms with van der Waals surface area (Å²) in [6.07, 6.45) is 3.02. The standard InChI is InChI=1S/C9H14O2/c1-9(2)4-7(6-10)3-8(11)5-9/h3,10H,4-6H2,1-2H3. The number of carbonyl (C=O) groups excluding carboxylic acids is 1. The number of aliphatic hydroxyl groups excluding tert-OH is 1.